The van der Waals surface area contributed by atoms with Gasteiger partial charge in [0.15, 0.2) is 0 Å². The average Bonchev–Trinajstić information content (AvgIpc) is 2.42. The van der Waals surface area contributed by atoms with E-state index in [9.17, 15) is 9.18 Å². The molecule has 0 heterocycles. The number of carbonyl (C=O) groups excluding carboxylic acids is 1. The minimum atomic E-state index is -0.500. The van der Waals surface area contributed by atoms with Crippen molar-refractivity contribution in [1.29, 1.82) is 0 Å². The second-order valence-corrected chi connectivity index (χ2v) is 5.29. The fraction of sp³-hybridized carbons (Fsp3) is 0. The number of halogens is 2. The maximum Gasteiger partial charge on any atom is 0.255 e. The summed E-state index contributed by atoms with van der Waals surface area (Å²) in [6.07, 6.45) is 0. The van der Waals surface area contributed by atoms with Crippen LogP contribution in [0.1, 0.15) is 15.9 Å². The Morgan fingerprint density at radius 3 is 2.60 bits per heavy atom. The highest BCUT2D eigenvalue weighted by atomic mass is 79.9. The fourth-order valence-corrected chi connectivity index (χ4v) is 2.06. The Morgan fingerprint density at radius 2 is 1.95 bits per heavy atom. The maximum atomic E-state index is 13.4. The lowest BCUT2D eigenvalue weighted by molar-refractivity contribution is 0.102. The Balaban J connectivity index is 2.28. The van der Waals surface area contributed by atoms with Crippen LogP contribution in [0.2, 0.25) is 0 Å². The first-order valence-electron chi connectivity index (χ1n) is 5.64. The summed E-state index contributed by atoms with van der Waals surface area (Å²) < 4.78 is 13.7. The summed E-state index contributed by atoms with van der Waals surface area (Å²) in [5, 5.41) is 2.67. The van der Waals surface area contributed by atoms with E-state index in [0.717, 1.165) is 6.07 Å². The van der Waals surface area contributed by atoms with Crippen molar-refractivity contribution >= 4 is 44.7 Å². The van der Waals surface area contributed by atoms with Gasteiger partial charge in [0.25, 0.3) is 5.91 Å². The maximum absolute atomic E-state index is 13.4. The molecule has 0 saturated heterocycles. The van der Waals surface area contributed by atoms with E-state index in [2.05, 4.69) is 21.2 Å². The summed E-state index contributed by atoms with van der Waals surface area (Å²) in [5.41, 5.74) is 6.86. The molecule has 102 valence electrons. The van der Waals surface area contributed by atoms with Crippen molar-refractivity contribution in [3.63, 3.8) is 0 Å². The molecule has 0 saturated carbocycles. The van der Waals surface area contributed by atoms with Gasteiger partial charge in [0.05, 0.1) is 10.2 Å². The minimum absolute atomic E-state index is 0.183. The summed E-state index contributed by atoms with van der Waals surface area (Å²) in [6, 6.07) is 11.1. The molecule has 0 spiro atoms. The molecule has 3 nitrogen and oxygen atoms in total. The number of carbonyl (C=O) groups is 1. The zero-order valence-corrected chi connectivity index (χ0v) is 12.6. The second-order valence-electron chi connectivity index (χ2n) is 3.99. The molecule has 0 aliphatic carbocycles. The van der Waals surface area contributed by atoms with E-state index in [1.165, 1.54) is 12.1 Å². The van der Waals surface area contributed by atoms with Crippen molar-refractivity contribution in [3.05, 3.63) is 63.9 Å². The number of rotatable bonds is 3. The highest BCUT2D eigenvalue weighted by Crippen LogP contribution is 2.19. The van der Waals surface area contributed by atoms with E-state index in [1.807, 2.05) is 0 Å². The smallest absolute Gasteiger partial charge is 0.255 e. The van der Waals surface area contributed by atoms with Gasteiger partial charge in [-0.05, 0) is 46.3 Å². The average molecular weight is 353 g/mol. The van der Waals surface area contributed by atoms with Crippen LogP contribution < -0.4 is 11.1 Å². The van der Waals surface area contributed by atoms with Crippen LogP contribution in [0.4, 0.5) is 10.1 Å². The third-order valence-electron chi connectivity index (χ3n) is 2.62. The molecule has 1 amide bonds. The number of hydrogen-bond donors (Lipinski definition) is 2. The molecular formula is C14H10BrFN2OS. The van der Waals surface area contributed by atoms with Crippen LogP contribution in [-0.2, 0) is 0 Å². The van der Waals surface area contributed by atoms with Gasteiger partial charge < -0.3 is 11.1 Å². The van der Waals surface area contributed by atoms with Crippen molar-refractivity contribution in [2.24, 2.45) is 5.73 Å². The molecule has 0 fully saturated rings. The SMILES string of the molecule is NC(=S)c1ccccc1NC(=O)c1ccc(Br)c(F)c1. The first kappa shape index (κ1) is 14.6. The summed E-state index contributed by atoms with van der Waals surface area (Å²) in [4.78, 5) is 12.3. The van der Waals surface area contributed by atoms with Crippen LogP contribution >= 0.6 is 28.1 Å². The molecule has 3 N–H and O–H groups in total. The second kappa shape index (κ2) is 6.11. The normalized spacial score (nSPS) is 10.1. The fourth-order valence-electron chi connectivity index (χ4n) is 1.64. The summed E-state index contributed by atoms with van der Waals surface area (Å²) >= 11 is 7.95. The quantitative estimate of drug-likeness (QED) is 0.831. The summed E-state index contributed by atoms with van der Waals surface area (Å²) in [6.45, 7) is 0. The molecule has 2 aromatic carbocycles. The van der Waals surface area contributed by atoms with Gasteiger partial charge in [0.2, 0.25) is 0 Å². The molecule has 20 heavy (non-hydrogen) atoms. The molecule has 2 aromatic rings. The third-order valence-corrected chi connectivity index (χ3v) is 3.49. The van der Waals surface area contributed by atoms with Crippen LogP contribution in [0, 0.1) is 5.82 Å². The lowest BCUT2D eigenvalue weighted by Crippen LogP contribution is -2.17. The Kier molecular flexibility index (Phi) is 4.46. The van der Waals surface area contributed by atoms with Gasteiger partial charge in [-0.25, -0.2) is 4.39 Å². The van der Waals surface area contributed by atoms with Crippen LogP contribution in [0.25, 0.3) is 0 Å². The summed E-state index contributed by atoms with van der Waals surface area (Å²) in [5.74, 6) is -0.930. The number of benzene rings is 2. The molecular weight excluding hydrogens is 343 g/mol. The number of amides is 1. The predicted octanol–water partition coefficient (Wildman–Crippen LogP) is 3.47. The third kappa shape index (κ3) is 3.20. The molecule has 0 atom stereocenters. The van der Waals surface area contributed by atoms with Gasteiger partial charge in [-0.3, -0.25) is 4.79 Å². The summed E-state index contributed by atoms with van der Waals surface area (Å²) in [7, 11) is 0. The largest absolute Gasteiger partial charge is 0.389 e. The number of thiocarbonyl (C=S) groups is 1. The van der Waals surface area contributed by atoms with Crippen molar-refractivity contribution in [3.8, 4) is 0 Å². The first-order valence-corrected chi connectivity index (χ1v) is 6.84. The van der Waals surface area contributed by atoms with Gasteiger partial charge in [-0.1, -0.05) is 24.4 Å². The number of anilines is 1. The Bertz CT molecular complexity index is 691. The zero-order valence-electron chi connectivity index (χ0n) is 10.2. The molecule has 0 radical (unpaired) electrons. The Hall–Kier alpha value is -1.79. The predicted molar refractivity (Wildman–Crippen MR) is 84.4 cm³/mol. The molecule has 0 aromatic heterocycles. The zero-order chi connectivity index (χ0) is 14.7. The van der Waals surface area contributed by atoms with Gasteiger partial charge in [-0.2, -0.15) is 0 Å². The Labute approximate surface area is 129 Å². The van der Waals surface area contributed by atoms with Crippen molar-refractivity contribution in [2.45, 2.75) is 0 Å². The highest BCUT2D eigenvalue weighted by molar-refractivity contribution is 9.10. The van der Waals surface area contributed by atoms with E-state index >= 15 is 0 Å². The molecule has 0 aliphatic heterocycles. The minimum Gasteiger partial charge on any atom is -0.389 e. The highest BCUT2D eigenvalue weighted by Gasteiger charge is 2.11. The monoisotopic (exact) mass is 352 g/mol. The number of nitrogens with two attached hydrogens (primary N) is 1. The van der Waals surface area contributed by atoms with E-state index < -0.39 is 11.7 Å². The van der Waals surface area contributed by atoms with E-state index in [4.69, 9.17) is 18.0 Å². The molecule has 0 bridgehead atoms. The van der Waals surface area contributed by atoms with Gasteiger partial charge in [0, 0.05) is 11.1 Å². The van der Waals surface area contributed by atoms with Crippen molar-refractivity contribution in [2.75, 3.05) is 5.32 Å². The van der Waals surface area contributed by atoms with Crippen molar-refractivity contribution in [1.82, 2.24) is 0 Å². The number of para-hydroxylation sites is 1. The van der Waals surface area contributed by atoms with E-state index in [-0.39, 0.29) is 10.6 Å². The van der Waals surface area contributed by atoms with Gasteiger partial charge in [-0.15, -0.1) is 0 Å². The molecule has 0 aliphatic rings. The van der Waals surface area contributed by atoms with Crippen LogP contribution in [0.15, 0.2) is 46.9 Å². The first-order chi connectivity index (χ1) is 9.49. The number of hydrogen-bond acceptors (Lipinski definition) is 2. The van der Waals surface area contributed by atoms with Crippen molar-refractivity contribution < 1.29 is 9.18 Å². The van der Waals surface area contributed by atoms with E-state index in [0.29, 0.717) is 15.7 Å². The lowest BCUT2D eigenvalue weighted by atomic mass is 10.1. The molecule has 0 unspecified atom stereocenters. The van der Waals surface area contributed by atoms with Crippen LogP contribution in [0.5, 0.6) is 0 Å². The number of nitrogens with one attached hydrogen (secondary N) is 1. The topological polar surface area (TPSA) is 55.1 Å². The van der Waals surface area contributed by atoms with Crippen LogP contribution in [0.3, 0.4) is 0 Å². The lowest BCUT2D eigenvalue weighted by Gasteiger charge is -2.10. The van der Waals surface area contributed by atoms with Gasteiger partial charge in [0.1, 0.15) is 10.8 Å². The Morgan fingerprint density at radius 1 is 1.25 bits per heavy atom. The molecule has 2 rings (SSSR count). The molecule has 6 heteroatoms. The standard InChI is InChI=1S/C14H10BrFN2OS/c15-10-6-5-8(7-11(10)16)14(19)18-12-4-2-1-3-9(12)13(17)20/h1-7H,(H2,17,20)(H,18,19). The van der Waals surface area contributed by atoms with Crippen LogP contribution in [-0.4, -0.2) is 10.9 Å². The van der Waals surface area contributed by atoms with Gasteiger partial charge >= 0.3 is 0 Å². The van der Waals surface area contributed by atoms with E-state index in [1.54, 1.807) is 24.3 Å².